The summed E-state index contributed by atoms with van der Waals surface area (Å²) in [5, 5.41) is 0. The van der Waals surface area contributed by atoms with Crippen LogP contribution in [0.3, 0.4) is 0 Å². The Hall–Kier alpha value is -1.80. The second-order valence-corrected chi connectivity index (χ2v) is 7.48. The van der Waals surface area contributed by atoms with E-state index in [2.05, 4.69) is 73.5 Å². The van der Waals surface area contributed by atoms with Crippen molar-refractivity contribution in [2.24, 2.45) is 5.92 Å². The molecule has 1 aliphatic rings. The lowest BCUT2D eigenvalue weighted by atomic mass is 9.81. The third kappa shape index (κ3) is 4.64. The largest absolute Gasteiger partial charge is 0.497 e. The summed E-state index contributed by atoms with van der Waals surface area (Å²) < 4.78 is 5.25. The Labute approximate surface area is 152 Å². The van der Waals surface area contributed by atoms with Crippen LogP contribution in [0.15, 0.2) is 54.6 Å². The van der Waals surface area contributed by atoms with E-state index in [0.29, 0.717) is 12.1 Å². The van der Waals surface area contributed by atoms with Crippen molar-refractivity contribution in [2.45, 2.75) is 51.1 Å². The third-order valence-corrected chi connectivity index (χ3v) is 5.97. The van der Waals surface area contributed by atoms with Crippen molar-refractivity contribution in [3.63, 3.8) is 0 Å². The fourth-order valence-electron chi connectivity index (χ4n) is 4.13. The summed E-state index contributed by atoms with van der Waals surface area (Å²) in [4.78, 5) is 2.58. The molecule has 1 fully saturated rings. The van der Waals surface area contributed by atoms with E-state index in [4.69, 9.17) is 4.74 Å². The molecule has 0 amide bonds. The van der Waals surface area contributed by atoms with E-state index >= 15 is 0 Å². The molecule has 0 radical (unpaired) electrons. The summed E-state index contributed by atoms with van der Waals surface area (Å²) in [5.74, 6) is 1.77. The second-order valence-electron chi connectivity index (χ2n) is 7.48. The predicted octanol–water partition coefficient (Wildman–Crippen LogP) is 5.49. The minimum atomic E-state index is 0.490. The van der Waals surface area contributed by atoms with Gasteiger partial charge in [-0.15, -0.1) is 0 Å². The molecule has 2 aromatic rings. The molecule has 2 aromatic carbocycles. The van der Waals surface area contributed by atoms with Gasteiger partial charge < -0.3 is 4.74 Å². The molecule has 0 N–H and O–H groups in total. The molecule has 2 nitrogen and oxygen atoms in total. The molecule has 0 saturated heterocycles. The van der Waals surface area contributed by atoms with Crippen LogP contribution in [0.4, 0.5) is 0 Å². The van der Waals surface area contributed by atoms with Crippen LogP contribution in [0.2, 0.25) is 0 Å². The minimum absolute atomic E-state index is 0.490. The van der Waals surface area contributed by atoms with Crippen LogP contribution < -0.4 is 4.74 Å². The van der Waals surface area contributed by atoms with Gasteiger partial charge in [0.25, 0.3) is 0 Å². The maximum atomic E-state index is 5.25. The average molecular weight is 338 g/mol. The molecule has 0 aromatic heterocycles. The van der Waals surface area contributed by atoms with Crippen LogP contribution in [0.25, 0.3) is 0 Å². The Morgan fingerprint density at radius 2 is 1.60 bits per heavy atom. The normalized spacial score (nSPS) is 21.9. The van der Waals surface area contributed by atoms with Crippen molar-refractivity contribution in [2.75, 3.05) is 14.2 Å². The van der Waals surface area contributed by atoms with Gasteiger partial charge >= 0.3 is 0 Å². The van der Waals surface area contributed by atoms with Crippen molar-refractivity contribution < 1.29 is 4.74 Å². The van der Waals surface area contributed by atoms with Crippen molar-refractivity contribution in [3.8, 4) is 5.75 Å². The first kappa shape index (κ1) is 18.0. The quantitative estimate of drug-likeness (QED) is 0.691. The topological polar surface area (TPSA) is 12.5 Å². The molecule has 25 heavy (non-hydrogen) atoms. The Bertz CT molecular complexity index is 629. The van der Waals surface area contributed by atoms with Gasteiger partial charge in [-0.25, -0.2) is 0 Å². The predicted molar refractivity (Wildman–Crippen MR) is 105 cm³/mol. The van der Waals surface area contributed by atoms with E-state index in [9.17, 15) is 0 Å². The third-order valence-electron chi connectivity index (χ3n) is 5.97. The highest BCUT2D eigenvalue weighted by Crippen LogP contribution is 2.33. The minimum Gasteiger partial charge on any atom is -0.497 e. The lowest BCUT2D eigenvalue weighted by Crippen LogP contribution is -2.37. The molecule has 1 saturated carbocycles. The first-order chi connectivity index (χ1) is 12.2. The first-order valence-electron chi connectivity index (χ1n) is 9.57. The molecule has 3 rings (SSSR count). The molecule has 0 bridgehead atoms. The molecular weight excluding hydrogens is 306 g/mol. The van der Waals surface area contributed by atoms with E-state index in [1.54, 1.807) is 7.11 Å². The van der Waals surface area contributed by atoms with Crippen LogP contribution in [0, 0.1) is 5.92 Å². The molecule has 0 heterocycles. The van der Waals surface area contributed by atoms with Gasteiger partial charge in [-0.1, -0.05) is 42.5 Å². The van der Waals surface area contributed by atoms with Crippen molar-refractivity contribution in [1.29, 1.82) is 0 Å². The number of benzene rings is 2. The van der Waals surface area contributed by atoms with E-state index in [-0.39, 0.29) is 0 Å². The maximum Gasteiger partial charge on any atom is 0.118 e. The van der Waals surface area contributed by atoms with Gasteiger partial charge in [0, 0.05) is 12.1 Å². The summed E-state index contributed by atoms with van der Waals surface area (Å²) in [5.41, 5.74) is 2.86. The molecule has 0 spiro atoms. The van der Waals surface area contributed by atoms with E-state index < -0.39 is 0 Å². The molecule has 0 aliphatic heterocycles. The zero-order valence-electron chi connectivity index (χ0n) is 15.8. The van der Waals surface area contributed by atoms with Crippen LogP contribution in [-0.4, -0.2) is 25.1 Å². The Kier molecular flexibility index (Phi) is 6.14. The number of hydrogen-bond donors (Lipinski definition) is 0. The molecule has 1 atom stereocenters. The Morgan fingerprint density at radius 3 is 2.20 bits per heavy atom. The SMILES string of the molecule is COc1ccc(CC2CCC(N(C)[C@H](C)c3ccccc3)CC2)cc1. The maximum absolute atomic E-state index is 5.25. The highest BCUT2D eigenvalue weighted by Gasteiger charge is 2.26. The zero-order chi connectivity index (χ0) is 17.6. The highest BCUT2D eigenvalue weighted by molar-refractivity contribution is 5.27. The second kappa shape index (κ2) is 8.53. The smallest absolute Gasteiger partial charge is 0.118 e. The molecule has 0 unspecified atom stereocenters. The van der Waals surface area contributed by atoms with Gasteiger partial charge in [-0.3, -0.25) is 4.90 Å². The van der Waals surface area contributed by atoms with Gasteiger partial charge in [0.1, 0.15) is 5.75 Å². The van der Waals surface area contributed by atoms with E-state index in [0.717, 1.165) is 11.7 Å². The summed E-state index contributed by atoms with van der Waals surface area (Å²) in [6.07, 6.45) is 6.50. The van der Waals surface area contributed by atoms with Gasteiger partial charge in [-0.2, -0.15) is 0 Å². The molecule has 134 valence electrons. The number of hydrogen-bond acceptors (Lipinski definition) is 2. The summed E-state index contributed by atoms with van der Waals surface area (Å²) >= 11 is 0. The van der Waals surface area contributed by atoms with Crippen molar-refractivity contribution in [1.82, 2.24) is 4.90 Å². The Morgan fingerprint density at radius 1 is 0.960 bits per heavy atom. The fourth-order valence-corrected chi connectivity index (χ4v) is 4.13. The van der Waals surface area contributed by atoms with Gasteiger partial charge in [-0.05, 0) is 75.3 Å². The number of methoxy groups -OCH3 is 1. The lowest BCUT2D eigenvalue weighted by Gasteiger charge is -2.38. The van der Waals surface area contributed by atoms with E-state index in [1.807, 2.05) is 0 Å². The average Bonchev–Trinajstić information content (AvgIpc) is 2.69. The summed E-state index contributed by atoms with van der Waals surface area (Å²) in [6.45, 7) is 2.33. The van der Waals surface area contributed by atoms with Crippen LogP contribution in [-0.2, 0) is 6.42 Å². The van der Waals surface area contributed by atoms with Crippen molar-refractivity contribution in [3.05, 3.63) is 65.7 Å². The van der Waals surface area contributed by atoms with Crippen LogP contribution >= 0.6 is 0 Å². The van der Waals surface area contributed by atoms with Gasteiger partial charge in [0.05, 0.1) is 7.11 Å². The van der Waals surface area contributed by atoms with Gasteiger partial charge in [0.2, 0.25) is 0 Å². The van der Waals surface area contributed by atoms with Crippen LogP contribution in [0.1, 0.15) is 49.8 Å². The van der Waals surface area contributed by atoms with E-state index in [1.165, 1.54) is 43.2 Å². The molecule has 1 aliphatic carbocycles. The highest BCUT2D eigenvalue weighted by atomic mass is 16.5. The van der Waals surface area contributed by atoms with Crippen molar-refractivity contribution >= 4 is 0 Å². The number of nitrogens with zero attached hydrogens (tertiary/aromatic N) is 1. The monoisotopic (exact) mass is 337 g/mol. The molecular formula is C23H31NO. The summed E-state index contributed by atoms with van der Waals surface area (Å²) in [6, 6.07) is 20.7. The number of ether oxygens (including phenoxy) is 1. The van der Waals surface area contributed by atoms with Crippen LogP contribution in [0.5, 0.6) is 5.75 Å². The lowest BCUT2D eigenvalue weighted by molar-refractivity contribution is 0.127. The standard InChI is InChI=1S/C23H31NO/c1-18(21-7-5-4-6-8-21)24(2)22-13-9-19(10-14-22)17-20-11-15-23(25-3)16-12-20/h4-8,11-12,15-16,18-19,22H,9-10,13-14,17H2,1-3H3/t18-,19?,22?/m1/s1. The first-order valence-corrected chi connectivity index (χ1v) is 9.57. The van der Waals surface area contributed by atoms with Gasteiger partial charge in [0.15, 0.2) is 0 Å². The fraction of sp³-hybridized carbons (Fsp3) is 0.478. The summed E-state index contributed by atoms with van der Waals surface area (Å²) in [7, 11) is 4.02. The zero-order valence-corrected chi connectivity index (χ0v) is 15.8. The Balaban J connectivity index is 1.50. The molecule has 2 heteroatoms. The number of rotatable bonds is 6.